The monoisotopic (exact) mass is 883 g/mol. The zero-order chi connectivity index (χ0) is 45.8. The summed E-state index contributed by atoms with van der Waals surface area (Å²) in [7, 11) is 0. The summed E-state index contributed by atoms with van der Waals surface area (Å²) < 4.78 is 16.8. The summed E-state index contributed by atoms with van der Waals surface area (Å²) in [5, 5.41) is 0. The Hall–Kier alpha value is -2.63. The largest absolute Gasteiger partial charge is 0.462 e. The first kappa shape index (κ1) is 60.4. The minimum absolute atomic E-state index is 0.0714. The summed E-state index contributed by atoms with van der Waals surface area (Å²) in [6.45, 7) is 6.54. The fraction of sp³-hybridized carbons (Fsp3) is 0.807. The number of unbranched alkanes of at least 4 members (excludes halogenated alkanes) is 30. The first-order valence-corrected chi connectivity index (χ1v) is 27.1. The van der Waals surface area contributed by atoms with Crippen molar-refractivity contribution in [2.45, 2.75) is 284 Å². The number of ether oxygens (including phenoxy) is 3. The maximum Gasteiger partial charge on any atom is 0.306 e. The molecule has 0 saturated heterocycles. The average Bonchev–Trinajstić information content (AvgIpc) is 3.28. The van der Waals surface area contributed by atoms with E-state index < -0.39 is 6.10 Å². The van der Waals surface area contributed by atoms with Gasteiger partial charge in [0, 0.05) is 19.3 Å². The summed E-state index contributed by atoms with van der Waals surface area (Å²) in [6.07, 6.45) is 62.4. The first-order valence-electron chi connectivity index (χ1n) is 27.1. The van der Waals surface area contributed by atoms with Gasteiger partial charge in [-0.3, -0.25) is 14.4 Å². The van der Waals surface area contributed by atoms with Gasteiger partial charge in [0.1, 0.15) is 13.2 Å². The van der Waals surface area contributed by atoms with Crippen LogP contribution in [0.4, 0.5) is 0 Å². The van der Waals surface area contributed by atoms with Gasteiger partial charge in [-0.1, -0.05) is 249 Å². The minimum atomic E-state index is -0.771. The van der Waals surface area contributed by atoms with E-state index in [2.05, 4.69) is 69.4 Å². The number of carbonyl (C=O) groups excluding carboxylic acids is 3. The van der Waals surface area contributed by atoms with E-state index in [9.17, 15) is 14.4 Å². The molecule has 0 heterocycles. The molecule has 63 heavy (non-hydrogen) atoms. The quantitative estimate of drug-likeness (QED) is 0.0262. The smallest absolute Gasteiger partial charge is 0.306 e. The van der Waals surface area contributed by atoms with Crippen LogP contribution in [0.25, 0.3) is 0 Å². The third-order valence-electron chi connectivity index (χ3n) is 11.8. The van der Waals surface area contributed by atoms with E-state index in [1.54, 1.807) is 0 Å². The summed E-state index contributed by atoms with van der Waals surface area (Å²) in [5.41, 5.74) is 0. The van der Waals surface area contributed by atoms with Crippen LogP contribution in [-0.2, 0) is 28.6 Å². The molecule has 0 amide bonds. The molecule has 6 nitrogen and oxygen atoms in total. The van der Waals surface area contributed by atoms with Gasteiger partial charge in [-0.25, -0.2) is 0 Å². The van der Waals surface area contributed by atoms with Gasteiger partial charge in [0.2, 0.25) is 0 Å². The summed E-state index contributed by atoms with van der Waals surface area (Å²) >= 11 is 0. The van der Waals surface area contributed by atoms with Crippen molar-refractivity contribution in [2.24, 2.45) is 0 Å². The second-order valence-electron chi connectivity index (χ2n) is 18.1. The Morgan fingerprint density at radius 2 is 0.619 bits per heavy atom. The van der Waals surface area contributed by atoms with Gasteiger partial charge in [0.05, 0.1) is 0 Å². The molecule has 366 valence electrons. The van der Waals surface area contributed by atoms with Crippen LogP contribution in [0.5, 0.6) is 0 Å². The first-order chi connectivity index (χ1) is 31.0. The van der Waals surface area contributed by atoms with Crippen molar-refractivity contribution in [3.63, 3.8) is 0 Å². The van der Waals surface area contributed by atoms with Crippen LogP contribution in [0.1, 0.15) is 278 Å². The molecular formula is C57H102O6. The molecule has 0 aromatic carbocycles. The molecule has 0 aliphatic rings. The van der Waals surface area contributed by atoms with Crippen molar-refractivity contribution < 1.29 is 28.6 Å². The Kier molecular flexibility index (Phi) is 49.8. The summed E-state index contributed by atoms with van der Waals surface area (Å²) in [6, 6.07) is 0. The van der Waals surface area contributed by atoms with Crippen molar-refractivity contribution in [1.82, 2.24) is 0 Å². The zero-order valence-corrected chi connectivity index (χ0v) is 41.8. The number of rotatable bonds is 49. The van der Waals surface area contributed by atoms with E-state index in [1.165, 1.54) is 148 Å². The number of allylic oxidation sites excluding steroid dienone is 8. The number of hydrogen-bond acceptors (Lipinski definition) is 6. The molecule has 0 aliphatic heterocycles. The molecule has 0 bridgehead atoms. The predicted molar refractivity (Wildman–Crippen MR) is 270 cm³/mol. The number of esters is 3. The third-order valence-corrected chi connectivity index (χ3v) is 11.8. The van der Waals surface area contributed by atoms with E-state index >= 15 is 0 Å². The SMILES string of the molecule is CC/C=C\C/C=C\C/C=C\C/C=C\CCCCCCCCCCC(=O)OCC(COC(=O)CCCCCCCCCCCCCC)OC(=O)CCCCCCCCCCCCCC. The lowest BCUT2D eigenvalue weighted by Crippen LogP contribution is -2.30. The molecule has 0 spiro atoms. The van der Waals surface area contributed by atoms with Crippen LogP contribution in [-0.4, -0.2) is 37.2 Å². The van der Waals surface area contributed by atoms with Gasteiger partial charge in [-0.2, -0.15) is 0 Å². The Morgan fingerprint density at radius 1 is 0.333 bits per heavy atom. The topological polar surface area (TPSA) is 78.9 Å². The Bertz CT molecular complexity index is 1110. The van der Waals surface area contributed by atoms with E-state index in [0.29, 0.717) is 19.3 Å². The molecule has 1 atom stereocenters. The number of carbonyl (C=O) groups is 3. The molecule has 0 aromatic heterocycles. The van der Waals surface area contributed by atoms with E-state index in [0.717, 1.165) is 89.9 Å². The molecule has 1 unspecified atom stereocenters. The van der Waals surface area contributed by atoms with E-state index in [1.807, 2.05) is 0 Å². The molecule has 6 heteroatoms. The fourth-order valence-corrected chi connectivity index (χ4v) is 7.79. The molecule has 0 saturated carbocycles. The van der Waals surface area contributed by atoms with Gasteiger partial charge in [-0.05, 0) is 57.8 Å². The molecule has 0 aliphatic carbocycles. The molecular weight excluding hydrogens is 781 g/mol. The van der Waals surface area contributed by atoms with Crippen LogP contribution >= 0.6 is 0 Å². The van der Waals surface area contributed by atoms with Crippen molar-refractivity contribution in [1.29, 1.82) is 0 Å². The molecule has 0 radical (unpaired) electrons. The Balaban J connectivity index is 4.30. The lowest BCUT2D eigenvalue weighted by atomic mass is 10.0. The lowest BCUT2D eigenvalue weighted by Gasteiger charge is -2.18. The van der Waals surface area contributed by atoms with Crippen molar-refractivity contribution >= 4 is 17.9 Å². The van der Waals surface area contributed by atoms with Gasteiger partial charge < -0.3 is 14.2 Å². The van der Waals surface area contributed by atoms with Gasteiger partial charge in [0.25, 0.3) is 0 Å². The lowest BCUT2D eigenvalue weighted by molar-refractivity contribution is -0.167. The standard InChI is InChI=1S/C57H102O6/c1-4-7-10-13-16-19-22-25-26-27-28-29-30-31-32-33-36-38-41-44-47-50-56(59)62-53-54(63-57(60)51-48-45-42-39-35-24-21-18-15-12-9-6-3)52-61-55(58)49-46-43-40-37-34-23-20-17-14-11-8-5-2/h7,10,16,19,25-26,28-29,54H,4-6,8-9,11-15,17-18,20-24,27,30-53H2,1-3H3/b10-7-,19-16-,26-25-,29-28-. The highest BCUT2D eigenvalue weighted by Crippen LogP contribution is 2.16. The van der Waals surface area contributed by atoms with Crippen LogP contribution < -0.4 is 0 Å². The van der Waals surface area contributed by atoms with Crippen LogP contribution in [0.15, 0.2) is 48.6 Å². The van der Waals surface area contributed by atoms with Crippen molar-refractivity contribution in [2.75, 3.05) is 13.2 Å². The van der Waals surface area contributed by atoms with E-state index in [-0.39, 0.29) is 31.1 Å². The fourth-order valence-electron chi connectivity index (χ4n) is 7.79. The average molecular weight is 883 g/mol. The molecule has 0 rings (SSSR count). The maximum atomic E-state index is 12.8. The Morgan fingerprint density at radius 3 is 0.968 bits per heavy atom. The van der Waals surface area contributed by atoms with E-state index in [4.69, 9.17) is 14.2 Å². The second-order valence-corrected chi connectivity index (χ2v) is 18.1. The highest BCUT2D eigenvalue weighted by Gasteiger charge is 2.19. The molecule has 0 N–H and O–H groups in total. The van der Waals surface area contributed by atoms with Gasteiger partial charge in [-0.15, -0.1) is 0 Å². The van der Waals surface area contributed by atoms with Crippen molar-refractivity contribution in [3.05, 3.63) is 48.6 Å². The van der Waals surface area contributed by atoms with Crippen LogP contribution in [0.3, 0.4) is 0 Å². The minimum Gasteiger partial charge on any atom is -0.462 e. The van der Waals surface area contributed by atoms with Gasteiger partial charge >= 0.3 is 17.9 Å². The Labute approximate surface area is 390 Å². The third kappa shape index (κ3) is 50.2. The normalized spacial score (nSPS) is 12.4. The molecule has 0 aromatic rings. The zero-order valence-electron chi connectivity index (χ0n) is 41.8. The van der Waals surface area contributed by atoms with Crippen molar-refractivity contribution in [3.8, 4) is 0 Å². The van der Waals surface area contributed by atoms with Crippen LogP contribution in [0, 0.1) is 0 Å². The maximum absolute atomic E-state index is 12.8. The van der Waals surface area contributed by atoms with Gasteiger partial charge in [0.15, 0.2) is 6.10 Å². The highest BCUT2D eigenvalue weighted by molar-refractivity contribution is 5.71. The van der Waals surface area contributed by atoms with Crippen LogP contribution in [0.2, 0.25) is 0 Å². The summed E-state index contributed by atoms with van der Waals surface area (Å²) in [5.74, 6) is -0.869. The molecule has 0 fully saturated rings. The second kappa shape index (κ2) is 52.0. The predicted octanol–water partition coefficient (Wildman–Crippen LogP) is 17.9. The summed E-state index contributed by atoms with van der Waals surface area (Å²) in [4.78, 5) is 38.0. The number of hydrogen-bond donors (Lipinski definition) is 0. The highest BCUT2D eigenvalue weighted by atomic mass is 16.6.